The lowest BCUT2D eigenvalue weighted by atomic mass is 10.0. The molecule has 0 rings (SSSR count). The van der Waals surface area contributed by atoms with Crippen molar-refractivity contribution in [3.63, 3.8) is 0 Å². The van der Waals surface area contributed by atoms with E-state index >= 15 is 0 Å². The second-order valence-electron chi connectivity index (χ2n) is 4.30. The quantitative estimate of drug-likeness (QED) is 0.617. The third-order valence-corrected chi connectivity index (χ3v) is 2.06. The van der Waals surface area contributed by atoms with Crippen LogP contribution < -0.4 is 5.32 Å². The summed E-state index contributed by atoms with van der Waals surface area (Å²) in [7, 11) is 0. The minimum atomic E-state index is -2.57. The Kier molecular flexibility index (Phi) is 8.19. The second kappa shape index (κ2) is 8.79. The average Bonchev–Trinajstić information content (AvgIpc) is 2.22. The van der Waals surface area contributed by atoms with Crippen molar-refractivity contribution in [1.29, 1.82) is 0 Å². The highest BCUT2D eigenvalue weighted by molar-refractivity contribution is 5.83. The van der Waals surface area contributed by atoms with Gasteiger partial charge >= 0.3 is 5.97 Å². The monoisotopic (exact) mass is 267 g/mol. The van der Waals surface area contributed by atoms with Gasteiger partial charge in [0.1, 0.15) is 12.6 Å². The highest BCUT2D eigenvalue weighted by Crippen LogP contribution is 2.05. The molecule has 2 N–H and O–H groups in total. The number of alkyl halides is 2. The number of carbonyl (C=O) groups excluding carboxylic acids is 1. The molecule has 1 atom stereocenters. The Balaban J connectivity index is 3.92. The zero-order valence-corrected chi connectivity index (χ0v) is 10.5. The van der Waals surface area contributed by atoms with E-state index in [4.69, 9.17) is 5.11 Å². The fourth-order valence-corrected chi connectivity index (χ4v) is 1.30. The Labute approximate surface area is 105 Å². The largest absolute Gasteiger partial charge is 0.480 e. The van der Waals surface area contributed by atoms with Gasteiger partial charge in [-0.05, 0) is 12.3 Å². The van der Waals surface area contributed by atoms with Gasteiger partial charge in [-0.15, -0.1) is 0 Å². The summed E-state index contributed by atoms with van der Waals surface area (Å²) < 4.78 is 28.0. The number of halogens is 2. The van der Waals surface area contributed by atoms with Crippen molar-refractivity contribution in [3.8, 4) is 0 Å². The molecular formula is C11H19F2NO4. The molecule has 7 heteroatoms. The van der Waals surface area contributed by atoms with Crippen LogP contribution in [-0.2, 0) is 14.3 Å². The topological polar surface area (TPSA) is 75.6 Å². The Morgan fingerprint density at radius 1 is 1.33 bits per heavy atom. The number of rotatable bonds is 9. The number of aliphatic carboxylic acids is 1. The van der Waals surface area contributed by atoms with Crippen molar-refractivity contribution in [2.24, 2.45) is 5.92 Å². The zero-order valence-electron chi connectivity index (χ0n) is 10.5. The summed E-state index contributed by atoms with van der Waals surface area (Å²) in [6, 6.07) is -0.951. The molecule has 106 valence electrons. The van der Waals surface area contributed by atoms with Gasteiger partial charge in [0.05, 0.1) is 6.61 Å². The van der Waals surface area contributed by atoms with Crippen LogP contribution >= 0.6 is 0 Å². The summed E-state index contributed by atoms with van der Waals surface area (Å²) in [5.41, 5.74) is 0. The van der Waals surface area contributed by atoms with Crippen LogP contribution in [-0.4, -0.2) is 42.7 Å². The lowest BCUT2D eigenvalue weighted by Crippen LogP contribution is -2.41. The van der Waals surface area contributed by atoms with E-state index in [0.717, 1.165) is 0 Å². The number of nitrogens with one attached hydrogen (secondary N) is 1. The molecule has 1 amide bonds. The first-order valence-corrected chi connectivity index (χ1v) is 5.71. The standard InChI is InChI=1S/C11H19F2NO4/c1-7(2)5-8(11(16)17)14-10(15)3-4-18-6-9(12)13/h7-9H,3-6H2,1-2H3,(H,14,15)(H,16,17). The van der Waals surface area contributed by atoms with Crippen molar-refractivity contribution in [2.45, 2.75) is 39.2 Å². The molecule has 0 aromatic carbocycles. The maximum absolute atomic E-state index is 11.7. The average molecular weight is 267 g/mol. The number of amides is 1. The van der Waals surface area contributed by atoms with E-state index in [-0.39, 0.29) is 18.9 Å². The van der Waals surface area contributed by atoms with Crippen molar-refractivity contribution in [3.05, 3.63) is 0 Å². The van der Waals surface area contributed by atoms with Crippen LogP contribution in [0.15, 0.2) is 0 Å². The van der Waals surface area contributed by atoms with E-state index in [1.54, 1.807) is 0 Å². The maximum atomic E-state index is 11.7. The predicted octanol–water partition coefficient (Wildman–Crippen LogP) is 1.27. The molecule has 0 fully saturated rings. The van der Waals surface area contributed by atoms with Gasteiger partial charge in [-0.3, -0.25) is 4.79 Å². The molecule has 18 heavy (non-hydrogen) atoms. The fourth-order valence-electron chi connectivity index (χ4n) is 1.30. The first-order chi connectivity index (χ1) is 8.32. The predicted molar refractivity (Wildman–Crippen MR) is 60.5 cm³/mol. The molecule has 0 aliphatic heterocycles. The molecule has 5 nitrogen and oxygen atoms in total. The van der Waals surface area contributed by atoms with Gasteiger partial charge in [0.15, 0.2) is 0 Å². The van der Waals surface area contributed by atoms with Crippen LogP contribution in [0.3, 0.4) is 0 Å². The normalized spacial score (nSPS) is 12.8. The fraction of sp³-hybridized carbons (Fsp3) is 0.818. The van der Waals surface area contributed by atoms with Gasteiger partial charge < -0.3 is 15.2 Å². The summed E-state index contributed by atoms with van der Waals surface area (Å²) in [5, 5.41) is 11.2. The Hall–Kier alpha value is -1.24. The lowest BCUT2D eigenvalue weighted by Gasteiger charge is -2.16. The third-order valence-electron chi connectivity index (χ3n) is 2.06. The SMILES string of the molecule is CC(C)CC(NC(=O)CCOCC(F)F)C(=O)O. The Morgan fingerprint density at radius 3 is 2.39 bits per heavy atom. The zero-order chi connectivity index (χ0) is 14.1. The molecule has 0 bridgehead atoms. The number of hydrogen-bond donors (Lipinski definition) is 2. The summed E-state index contributed by atoms with van der Waals surface area (Å²) in [4.78, 5) is 22.2. The van der Waals surface area contributed by atoms with Crippen LogP contribution in [0.4, 0.5) is 8.78 Å². The van der Waals surface area contributed by atoms with Crippen molar-refractivity contribution in [2.75, 3.05) is 13.2 Å². The molecule has 0 aromatic heterocycles. The van der Waals surface area contributed by atoms with Crippen LogP contribution in [0.2, 0.25) is 0 Å². The maximum Gasteiger partial charge on any atom is 0.326 e. The molecule has 0 saturated carbocycles. The van der Waals surface area contributed by atoms with Gasteiger partial charge in [0.25, 0.3) is 6.43 Å². The highest BCUT2D eigenvalue weighted by atomic mass is 19.3. The third kappa shape index (κ3) is 8.86. The van der Waals surface area contributed by atoms with Crippen molar-refractivity contribution in [1.82, 2.24) is 5.32 Å². The molecule has 0 saturated heterocycles. The van der Waals surface area contributed by atoms with Gasteiger partial charge in [-0.2, -0.15) is 0 Å². The number of carbonyl (C=O) groups is 2. The Morgan fingerprint density at radius 2 is 1.94 bits per heavy atom. The van der Waals surface area contributed by atoms with E-state index in [1.165, 1.54) is 0 Å². The number of carboxylic acids is 1. The van der Waals surface area contributed by atoms with Crippen molar-refractivity contribution < 1.29 is 28.2 Å². The molecule has 0 aromatic rings. The van der Waals surface area contributed by atoms with Crippen LogP contribution in [0.5, 0.6) is 0 Å². The van der Waals surface area contributed by atoms with Gasteiger partial charge in [-0.1, -0.05) is 13.8 Å². The molecule has 0 aliphatic rings. The second-order valence-corrected chi connectivity index (χ2v) is 4.30. The van der Waals surface area contributed by atoms with E-state index < -0.39 is 31.0 Å². The van der Waals surface area contributed by atoms with E-state index in [0.29, 0.717) is 6.42 Å². The van der Waals surface area contributed by atoms with E-state index in [2.05, 4.69) is 10.1 Å². The van der Waals surface area contributed by atoms with E-state index in [1.807, 2.05) is 13.8 Å². The van der Waals surface area contributed by atoms with E-state index in [9.17, 15) is 18.4 Å². The first kappa shape index (κ1) is 16.8. The van der Waals surface area contributed by atoms with Crippen LogP contribution in [0.1, 0.15) is 26.7 Å². The summed E-state index contributed by atoms with van der Waals surface area (Å²) in [6.45, 7) is 2.81. The summed E-state index contributed by atoms with van der Waals surface area (Å²) >= 11 is 0. The number of ether oxygens (including phenoxy) is 1. The molecule has 0 heterocycles. The summed E-state index contributed by atoms with van der Waals surface area (Å²) in [5.74, 6) is -1.50. The summed E-state index contributed by atoms with van der Waals surface area (Å²) in [6.07, 6.45) is -2.38. The van der Waals surface area contributed by atoms with Crippen LogP contribution in [0, 0.1) is 5.92 Å². The number of hydrogen-bond acceptors (Lipinski definition) is 3. The first-order valence-electron chi connectivity index (χ1n) is 5.71. The van der Waals surface area contributed by atoms with Gasteiger partial charge in [0.2, 0.25) is 5.91 Å². The minimum absolute atomic E-state index is 0.126. The van der Waals surface area contributed by atoms with Gasteiger partial charge in [0, 0.05) is 6.42 Å². The molecule has 0 aliphatic carbocycles. The molecule has 0 radical (unpaired) electrons. The lowest BCUT2D eigenvalue weighted by molar-refractivity contribution is -0.142. The molecule has 0 spiro atoms. The number of carboxylic acid groups (broad SMARTS) is 1. The highest BCUT2D eigenvalue weighted by Gasteiger charge is 2.20. The molecular weight excluding hydrogens is 248 g/mol. The van der Waals surface area contributed by atoms with Crippen molar-refractivity contribution >= 4 is 11.9 Å². The van der Waals surface area contributed by atoms with Crippen LogP contribution in [0.25, 0.3) is 0 Å². The smallest absolute Gasteiger partial charge is 0.326 e. The Bertz CT molecular complexity index is 272. The molecule has 1 unspecified atom stereocenters. The minimum Gasteiger partial charge on any atom is -0.480 e. The van der Waals surface area contributed by atoms with Gasteiger partial charge in [-0.25, -0.2) is 13.6 Å².